The van der Waals surface area contributed by atoms with Crippen molar-refractivity contribution in [3.63, 3.8) is 0 Å². The molecule has 0 saturated carbocycles. The predicted octanol–water partition coefficient (Wildman–Crippen LogP) is 4.06. The minimum Gasteiger partial charge on any atom is -0.457 e. The molecular weight excluding hydrogens is 338 g/mol. The Morgan fingerprint density at radius 1 is 1.11 bits per heavy atom. The van der Waals surface area contributed by atoms with E-state index in [2.05, 4.69) is 11.0 Å². The number of esters is 1. The molecule has 0 atom stereocenters. The third kappa shape index (κ3) is 3.61. The molecular formula is C22H19N3O2. The monoisotopic (exact) mass is 357 g/mol. The number of carbonyl (C=O) groups is 1. The normalized spacial score (nSPS) is 13.5. The first-order valence-corrected chi connectivity index (χ1v) is 9.05. The van der Waals surface area contributed by atoms with Crippen LogP contribution in [0.25, 0.3) is 10.9 Å². The number of fused-ring (bicyclic) bond motifs is 1. The molecule has 0 amide bonds. The summed E-state index contributed by atoms with van der Waals surface area (Å²) in [6.45, 7) is 1.97. The lowest BCUT2D eigenvalue weighted by Crippen LogP contribution is -2.23. The Morgan fingerprint density at radius 3 is 2.59 bits per heavy atom. The Hall–Kier alpha value is -3.39. The summed E-state index contributed by atoms with van der Waals surface area (Å²) >= 11 is 0. The minimum atomic E-state index is -0.375. The van der Waals surface area contributed by atoms with E-state index in [1.54, 1.807) is 24.3 Å². The summed E-state index contributed by atoms with van der Waals surface area (Å²) in [6.07, 6.45) is 2.21. The van der Waals surface area contributed by atoms with Gasteiger partial charge in [0.15, 0.2) is 0 Å². The van der Waals surface area contributed by atoms with Crippen molar-refractivity contribution >= 4 is 22.7 Å². The maximum atomic E-state index is 12.8. The summed E-state index contributed by atoms with van der Waals surface area (Å²) in [7, 11) is 0. The van der Waals surface area contributed by atoms with Gasteiger partial charge in [-0.15, -0.1) is 0 Å². The third-order valence-corrected chi connectivity index (χ3v) is 4.78. The van der Waals surface area contributed by atoms with Gasteiger partial charge in [0.25, 0.3) is 0 Å². The number of hydrogen-bond acceptors (Lipinski definition) is 5. The van der Waals surface area contributed by atoms with Gasteiger partial charge < -0.3 is 9.64 Å². The van der Waals surface area contributed by atoms with E-state index < -0.39 is 0 Å². The van der Waals surface area contributed by atoms with Crippen LogP contribution < -0.4 is 4.90 Å². The molecule has 1 aliphatic heterocycles. The number of pyridine rings is 1. The van der Waals surface area contributed by atoms with E-state index in [9.17, 15) is 4.79 Å². The van der Waals surface area contributed by atoms with Crippen LogP contribution >= 0.6 is 0 Å². The standard InChI is InChI=1S/C22H19N3O2/c23-14-16-7-9-17(10-8-16)15-27-22(26)19-13-18-5-1-2-6-20(18)24-21(19)25-11-3-4-12-25/h1-2,5-10,13H,3-4,11-12,15H2. The number of ether oxygens (including phenoxy) is 1. The Kier molecular flexibility index (Phi) is 4.71. The molecule has 4 rings (SSSR count). The molecule has 1 fully saturated rings. The SMILES string of the molecule is N#Cc1ccc(COC(=O)c2cc3ccccc3nc2N2CCCC2)cc1. The zero-order chi connectivity index (χ0) is 18.6. The van der Waals surface area contributed by atoms with Crippen LogP contribution in [0, 0.1) is 11.3 Å². The number of aromatic nitrogens is 1. The summed E-state index contributed by atoms with van der Waals surface area (Å²) in [5, 5.41) is 9.79. The highest BCUT2D eigenvalue weighted by molar-refractivity contribution is 5.99. The van der Waals surface area contributed by atoms with Crippen LogP contribution in [0.15, 0.2) is 54.6 Å². The first kappa shape index (κ1) is 17.0. The van der Waals surface area contributed by atoms with E-state index >= 15 is 0 Å². The quantitative estimate of drug-likeness (QED) is 0.659. The number of rotatable bonds is 4. The number of nitrogens with zero attached hydrogens (tertiary/aromatic N) is 3. The molecule has 3 aromatic rings. The minimum absolute atomic E-state index is 0.164. The van der Waals surface area contributed by atoms with Gasteiger partial charge in [-0.2, -0.15) is 5.26 Å². The average molecular weight is 357 g/mol. The second kappa shape index (κ2) is 7.46. The fraction of sp³-hybridized carbons (Fsp3) is 0.227. The first-order valence-electron chi connectivity index (χ1n) is 9.05. The second-order valence-corrected chi connectivity index (χ2v) is 6.63. The van der Waals surface area contributed by atoms with Gasteiger partial charge in [0.1, 0.15) is 18.0 Å². The van der Waals surface area contributed by atoms with Gasteiger partial charge in [-0.25, -0.2) is 9.78 Å². The van der Waals surface area contributed by atoms with Gasteiger partial charge in [0.05, 0.1) is 17.1 Å². The summed E-state index contributed by atoms with van der Waals surface area (Å²) in [5.74, 6) is 0.329. The van der Waals surface area contributed by atoms with Crippen LogP contribution in [0.4, 0.5) is 5.82 Å². The smallest absolute Gasteiger partial charge is 0.342 e. The molecule has 134 valence electrons. The Morgan fingerprint density at radius 2 is 1.85 bits per heavy atom. The fourth-order valence-corrected chi connectivity index (χ4v) is 3.33. The molecule has 0 N–H and O–H groups in total. The van der Waals surface area contributed by atoms with Crippen LogP contribution in [0.3, 0.4) is 0 Å². The molecule has 5 heteroatoms. The molecule has 1 saturated heterocycles. The molecule has 1 aliphatic rings. The first-order chi connectivity index (χ1) is 13.2. The van der Waals surface area contributed by atoms with E-state index in [4.69, 9.17) is 15.0 Å². The molecule has 5 nitrogen and oxygen atoms in total. The van der Waals surface area contributed by atoms with Crippen LogP contribution in [-0.4, -0.2) is 24.0 Å². The molecule has 2 aromatic carbocycles. The van der Waals surface area contributed by atoms with Gasteiger partial charge >= 0.3 is 5.97 Å². The average Bonchev–Trinajstić information content (AvgIpc) is 3.26. The molecule has 0 spiro atoms. The Bertz CT molecular complexity index is 1020. The summed E-state index contributed by atoms with van der Waals surface area (Å²) in [4.78, 5) is 19.7. The molecule has 2 heterocycles. The number of benzene rings is 2. The van der Waals surface area contributed by atoms with Crippen LogP contribution in [-0.2, 0) is 11.3 Å². The van der Waals surface area contributed by atoms with Crippen molar-refractivity contribution < 1.29 is 9.53 Å². The fourth-order valence-electron chi connectivity index (χ4n) is 3.33. The van der Waals surface area contributed by atoms with Crippen molar-refractivity contribution in [1.82, 2.24) is 4.98 Å². The molecule has 0 aliphatic carbocycles. The summed E-state index contributed by atoms with van der Waals surface area (Å²) in [5.41, 5.74) is 2.81. The number of carbonyl (C=O) groups excluding carboxylic acids is 1. The third-order valence-electron chi connectivity index (χ3n) is 4.78. The Labute approximate surface area is 157 Å². The van der Waals surface area contributed by atoms with E-state index in [0.717, 1.165) is 42.4 Å². The van der Waals surface area contributed by atoms with E-state index in [-0.39, 0.29) is 12.6 Å². The maximum absolute atomic E-state index is 12.8. The molecule has 0 bridgehead atoms. The van der Waals surface area contributed by atoms with Crippen molar-refractivity contribution in [3.05, 3.63) is 71.3 Å². The molecule has 27 heavy (non-hydrogen) atoms. The summed E-state index contributed by atoms with van der Waals surface area (Å²) in [6, 6.07) is 18.8. The topological polar surface area (TPSA) is 66.2 Å². The highest BCUT2D eigenvalue weighted by Crippen LogP contribution is 2.27. The van der Waals surface area contributed by atoms with Gasteiger partial charge in [0.2, 0.25) is 0 Å². The molecule has 0 unspecified atom stereocenters. The van der Waals surface area contributed by atoms with Crippen molar-refractivity contribution in [3.8, 4) is 6.07 Å². The lowest BCUT2D eigenvalue weighted by Gasteiger charge is -2.20. The lowest BCUT2D eigenvalue weighted by molar-refractivity contribution is 0.0473. The van der Waals surface area contributed by atoms with Gasteiger partial charge in [-0.05, 0) is 42.7 Å². The van der Waals surface area contributed by atoms with Crippen molar-refractivity contribution in [2.75, 3.05) is 18.0 Å². The van der Waals surface area contributed by atoms with E-state index in [0.29, 0.717) is 16.9 Å². The van der Waals surface area contributed by atoms with Crippen LogP contribution in [0.2, 0.25) is 0 Å². The van der Waals surface area contributed by atoms with Crippen molar-refractivity contribution in [2.24, 2.45) is 0 Å². The number of nitriles is 1. The van der Waals surface area contributed by atoms with Gasteiger partial charge in [-0.1, -0.05) is 30.3 Å². The van der Waals surface area contributed by atoms with E-state index in [1.165, 1.54) is 0 Å². The summed E-state index contributed by atoms with van der Waals surface area (Å²) < 4.78 is 5.55. The van der Waals surface area contributed by atoms with Crippen molar-refractivity contribution in [2.45, 2.75) is 19.4 Å². The molecule has 0 radical (unpaired) electrons. The number of para-hydroxylation sites is 1. The predicted molar refractivity (Wildman–Crippen MR) is 103 cm³/mol. The van der Waals surface area contributed by atoms with Gasteiger partial charge in [-0.3, -0.25) is 0 Å². The highest BCUT2D eigenvalue weighted by atomic mass is 16.5. The second-order valence-electron chi connectivity index (χ2n) is 6.63. The maximum Gasteiger partial charge on any atom is 0.342 e. The zero-order valence-corrected chi connectivity index (χ0v) is 14.9. The Balaban J connectivity index is 1.61. The molecule has 1 aromatic heterocycles. The van der Waals surface area contributed by atoms with Crippen LogP contribution in [0.5, 0.6) is 0 Å². The van der Waals surface area contributed by atoms with Gasteiger partial charge in [0, 0.05) is 18.5 Å². The number of hydrogen-bond donors (Lipinski definition) is 0. The zero-order valence-electron chi connectivity index (χ0n) is 14.9. The highest BCUT2D eigenvalue weighted by Gasteiger charge is 2.23. The largest absolute Gasteiger partial charge is 0.457 e. The lowest BCUT2D eigenvalue weighted by atomic mass is 10.1. The number of anilines is 1. The van der Waals surface area contributed by atoms with Crippen LogP contribution in [0.1, 0.15) is 34.3 Å². The van der Waals surface area contributed by atoms with Crippen molar-refractivity contribution in [1.29, 1.82) is 5.26 Å². The van der Waals surface area contributed by atoms with E-state index in [1.807, 2.05) is 30.3 Å².